The monoisotopic (exact) mass is 252 g/mol. The van der Waals surface area contributed by atoms with E-state index in [9.17, 15) is 0 Å². The first-order chi connectivity index (χ1) is 8.74. The molecule has 0 saturated heterocycles. The number of rotatable bonds is 9. The highest BCUT2D eigenvalue weighted by molar-refractivity contribution is 5.29. The maximum absolute atomic E-state index is 5.71. The van der Waals surface area contributed by atoms with Gasteiger partial charge in [-0.1, -0.05) is 6.92 Å². The molecule has 0 amide bonds. The fourth-order valence-corrected chi connectivity index (χ4v) is 1.52. The molecule has 4 heteroatoms. The second-order valence-corrected chi connectivity index (χ2v) is 4.43. The van der Waals surface area contributed by atoms with Gasteiger partial charge in [0.2, 0.25) is 0 Å². The minimum absolute atomic E-state index is 0.247. The lowest BCUT2D eigenvalue weighted by Gasteiger charge is -2.12. The standard InChI is InChI=1S/C14H24N2O2/c1-4-6-15-10-13-11-16-7-5-14(13)18-9-8-17-12(2)3/h5,7,11-12,15H,4,6,8-10H2,1-3H3. The Morgan fingerprint density at radius 1 is 1.33 bits per heavy atom. The SMILES string of the molecule is CCCNCc1cnccc1OCCOC(C)C. The molecule has 102 valence electrons. The van der Waals surface area contributed by atoms with Crippen LogP contribution in [0, 0.1) is 0 Å². The summed E-state index contributed by atoms with van der Waals surface area (Å²) in [7, 11) is 0. The number of ether oxygens (including phenoxy) is 2. The summed E-state index contributed by atoms with van der Waals surface area (Å²) >= 11 is 0. The quantitative estimate of drug-likeness (QED) is 0.685. The smallest absolute Gasteiger partial charge is 0.126 e. The Labute approximate surface area is 110 Å². The maximum atomic E-state index is 5.71. The van der Waals surface area contributed by atoms with E-state index in [4.69, 9.17) is 9.47 Å². The van der Waals surface area contributed by atoms with Gasteiger partial charge in [-0.15, -0.1) is 0 Å². The van der Waals surface area contributed by atoms with Crippen molar-refractivity contribution in [2.45, 2.75) is 39.8 Å². The summed E-state index contributed by atoms with van der Waals surface area (Å²) in [6, 6.07) is 1.90. The van der Waals surface area contributed by atoms with Crippen molar-refractivity contribution in [2.75, 3.05) is 19.8 Å². The summed E-state index contributed by atoms with van der Waals surface area (Å²) in [6.07, 6.45) is 4.97. The molecule has 18 heavy (non-hydrogen) atoms. The van der Waals surface area contributed by atoms with Crippen LogP contribution >= 0.6 is 0 Å². The molecule has 0 aliphatic heterocycles. The number of hydrogen-bond acceptors (Lipinski definition) is 4. The van der Waals surface area contributed by atoms with E-state index in [1.807, 2.05) is 26.1 Å². The van der Waals surface area contributed by atoms with Crippen LogP contribution in [0.4, 0.5) is 0 Å². The Morgan fingerprint density at radius 2 is 2.17 bits per heavy atom. The molecule has 0 atom stereocenters. The second-order valence-electron chi connectivity index (χ2n) is 4.43. The molecule has 0 aliphatic carbocycles. The van der Waals surface area contributed by atoms with E-state index in [0.717, 1.165) is 30.8 Å². The second kappa shape index (κ2) is 8.89. The molecular formula is C14H24N2O2. The van der Waals surface area contributed by atoms with Crippen molar-refractivity contribution < 1.29 is 9.47 Å². The van der Waals surface area contributed by atoms with Crippen LogP contribution < -0.4 is 10.1 Å². The molecule has 1 aromatic heterocycles. The first kappa shape index (κ1) is 14.9. The Balaban J connectivity index is 2.38. The van der Waals surface area contributed by atoms with Crippen LogP contribution in [-0.2, 0) is 11.3 Å². The van der Waals surface area contributed by atoms with Crippen molar-refractivity contribution in [1.82, 2.24) is 10.3 Å². The molecule has 0 aromatic carbocycles. The Morgan fingerprint density at radius 3 is 2.89 bits per heavy atom. The molecule has 1 heterocycles. The summed E-state index contributed by atoms with van der Waals surface area (Å²) in [5.74, 6) is 0.890. The van der Waals surface area contributed by atoms with Crippen LogP contribution in [0.5, 0.6) is 5.75 Å². The van der Waals surface area contributed by atoms with E-state index in [1.54, 1.807) is 6.20 Å². The van der Waals surface area contributed by atoms with E-state index in [1.165, 1.54) is 0 Å². The van der Waals surface area contributed by atoms with Gasteiger partial charge in [-0.2, -0.15) is 0 Å². The Hall–Kier alpha value is -1.13. The van der Waals surface area contributed by atoms with Crippen molar-refractivity contribution in [3.8, 4) is 5.75 Å². The topological polar surface area (TPSA) is 43.4 Å². The molecule has 0 fully saturated rings. The molecule has 1 N–H and O–H groups in total. The van der Waals surface area contributed by atoms with Crippen molar-refractivity contribution in [3.63, 3.8) is 0 Å². The summed E-state index contributed by atoms with van der Waals surface area (Å²) < 4.78 is 11.2. The molecule has 1 aromatic rings. The highest BCUT2D eigenvalue weighted by Crippen LogP contribution is 2.16. The van der Waals surface area contributed by atoms with Gasteiger partial charge in [-0.3, -0.25) is 4.98 Å². The minimum atomic E-state index is 0.247. The summed E-state index contributed by atoms with van der Waals surface area (Å²) in [6.45, 7) is 9.17. The molecule has 0 aliphatic rings. The molecule has 0 spiro atoms. The lowest BCUT2D eigenvalue weighted by Crippen LogP contribution is -2.16. The zero-order chi connectivity index (χ0) is 13.2. The lowest BCUT2D eigenvalue weighted by molar-refractivity contribution is 0.0550. The molecule has 0 radical (unpaired) electrons. The lowest BCUT2D eigenvalue weighted by atomic mass is 10.2. The predicted molar refractivity (Wildman–Crippen MR) is 72.8 cm³/mol. The first-order valence-electron chi connectivity index (χ1n) is 6.62. The van der Waals surface area contributed by atoms with Crippen LogP contribution in [-0.4, -0.2) is 30.8 Å². The van der Waals surface area contributed by atoms with Gasteiger partial charge in [0.15, 0.2) is 0 Å². The Bertz CT molecular complexity index is 329. The van der Waals surface area contributed by atoms with Crippen molar-refractivity contribution >= 4 is 0 Å². The van der Waals surface area contributed by atoms with Crippen LogP contribution in [0.25, 0.3) is 0 Å². The van der Waals surface area contributed by atoms with E-state index in [2.05, 4.69) is 17.2 Å². The summed E-state index contributed by atoms with van der Waals surface area (Å²) in [5, 5.41) is 3.35. The predicted octanol–water partition coefficient (Wildman–Crippen LogP) is 2.39. The summed E-state index contributed by atoms with van der Waals surface area (Å²) in [4.78, 5) is 4.13. The third kappa shape index (κ3) is 5.98. The first-order valence-corrected chi connectivity index (χ1v) is 6.62. The van der Waals surface area contributed by atoms with Gasteiger partial charge in [0.05, 0.1) is 12.7 Å². The number of pyridine rings is 1. The van der Waals surface area contributed by atoms with Crippen LogP contribution in [0.1, 0.15) is 32.8 Å². The Kier molecular flexibility index (Phi) is 7.37. The van der Waals surface area contributed by atoms with E-state index < -0.39 is 0 Å². The van der Waals surface area contributed by atoms with Gasteiger partial charge in [0.1, 0.15) is 12.4 Å². The highest BCUT2D eigenvalue weighted by atomic mass is 16.5. The third-order valence-corrected chi connectivity index (χ3v) is 2.39. The fourth-order valence-electron chi connectivity index (χ4n) is 1.52. The van der Waals surface area contributed by atoms with Crippen molar-refractivity contribution in [2.24, 2.45) is 0 Å². The third-order valence-electron chi connectivity index (χ3n) is 2.39. The number of nitrogens with zero attached hydrogens (tertiary/aromatic N) is 1. The average Bonchev–Trinajstić information content (AvgIpc) is 2.36. The molecule has 0 saturated carbocycles. The highest BCUT2D eigenvalue weighted by Gasteiger charge is 2.03. The largest absolute Gasteiger partial charge is 0.491 e. The maximum Gasteiger partial charge on any atom is 0.126 e. The molecule has 0 unspecified atom stereocenters. The van der Waals surface area contributed by atoms with E-state index in [0.29, 0.717) is 13.2 Å². The van der Waals surface area contributed by atoms with Crippen molar-refractivity contribution in [3.05, 3.63) is 24.0 Å². The summed E-state index contributed by atoms with van der Waals surface area (Å²) in [5.41, 5.74) is 1.09. The number of aromatic nitrogens is 1. The van der Waals surface area contributed by atoms with Gasteiger partial charge in [0.25, 0.3) is 0 Å². The van der Waals surface area contributed by atoms with Gasteiger partial charge in [-0.05, 0) is 32.9 Å². The van der Waals surface area contributed by atoms with Crippen LogP contribution in [0.3, 0.4) is 0 Å². The minimum Gasteiger partial charge on any atom is -0.491 e. The number of nitrogens with one attached hydrogen (secondary N) is 1. The molecule has 4 nitrogen and oxygen atoms in total. The normalized spacial score (nSPS) is 10.9. The molecular weight excluding hydrogens is 228 g/mol. The fraction of sp³-hybridized carbons (Fsp3) is 0.643. The number of hydrogen-bond donors (Lipinski definition) is 1. The van der Waals surface area contributed by atoms with Crippen molar-refractivity contribution in [1.29, 1.82) is 0 Å². The zero-order valence-electron chi connectivity index (χ0n) is 11.6. The van der Waals surface area contributed by atoms with Crippen LogP contribution in [0.2, 0.25) is 0 Å². The van der Waals surface area contributed by atoms with Gasteiger partial charge in [-0.25, -0.2) is 0 Å². The van der Waals surface area contributed by atoms with Gasteiger partial charge < -0.3 is 14.8 Å². The van der Waals surface area contributed by atoms with E-state index >= 15 is 0 Å². The van der Waals surface area contributed by atoms with E-state index in [-0.39, 0.29) is 6.10 Å². The molecule has 0 bridgehead atoms. The van der Waals surface area contributed by atoms with Gasteiger partial charge >= 0.3 is 0 Å². The zero-order valence-corrected chi connectivity index (χ0v) is 11.6. The van der Waals surface area contributed by atoms with Crippen LogP contribution in [0.15, 0.2) is 18.5 Å². The van der Waals surface area contributed by atoms with Gasteiger partial charge in [0, 0.05) is 24.5 Å². The molecule has 1 rings (SSSR count). The average molecular weight is 252 g/mol.